The van der Waals surface area contributed by atoms with Crippen LogP contribution in [-0.2, 0) is 0 Å². The zero-order valence-electron chi connectivity index (χ0n) is 13.1. The van der Waals surface area contributed by atoms with E-state index in [2.05, 4.69) is 17.0 Å². The van der Waals surface area contributed by atoms with Gasteiger partial charge in [-0.25, -0.2) is 4.79 Å². The van der Waals surface area contributed by atoms with Gasteiger partial charge in [-0.05, 0) is 48.9 Å². The lowest BCUT2D eigenvalue weighted by Gasteiger charge is -2.40. The molecule has 23 heavy (non-hydrogen) atoms. The molecule has 2 N–H and O–H groups in total. The molecule has 7 heteroatoms. The van der Waals surface area contributed by atoms with Crippen molar-refractivity contribution in [3.63, 3.8) is 0 Å². The molecule has 1 heterocycles. The van der Waals surface area contributed by atoms with Crippen LogP contribution >= 0.6 is 0 Å². The second-order valence-electron chi connectivity index (χ2n) is 5.83. The van der Waals surface area contributed by atoms with Gasteiger partial charge in [-0.1, -0.05) is 6.92 Å². The van der Waals surface area contributed by atoms with Crippen molar-refractivity contribution in [2.45, 2.75) is 32.8 Å². The van der Waals surface area contributed by atoms with Gasteiger partial charge in [-0.15, -0.1) is 0 Å². The number of rotatable bonds is 5. The van der Waals surface area contributed by atoms with E-state index in [1.54, 1.807) is 4.90 Å². The lowest BCUT2D eigenvalue weighted by atomic mass is 9.77. The van der Waals surface area contributed by atoms with E-state index in [9.17, 15) is 18.7 Å². The summed E-state index contributed by atoms with van der Waals surface area (Å²) in [6, 6.07) is 5.57. The van der Waals surface area contributed by atoms with Gasteiger partial charge in [0.15, 0.2) is 0 Å². The zero-order chi connectivity index (χ0) is 16.9. The fourth-order valence-corrected chi connectivity index (χ4v) is 2.73. The lowest BCUT2D eigenvalue weighted by Crippen LogP contribution is -2.46. The number of aliphatic hydroxyl groups excluding tert-OH is 1. The number of likely N-dealkylation sites (tertiary alicyclic amines) is 1. The van der Waals surface area contributed by atoms with Crippen LogP contribution in [0.25, 0.3) is 0 Å². The van der Waals surface area contributed by atoms with Crippen molar-refractivity contribution < 1.29 is 23.4 Å². The molecule has 0 aromatic heterocycles. The van der Waals surface area contributed by atoms with Crippen molar-refractivity contribution in [1.82, 2.24) is 4.90 Å². The van der Waals surface area contributed by atoms with Crippen molar-refractivity contribution in [3.8, 4) is 5.75 Å². The summed E-state index contributed by atoms with van der Waals surface area (Å²) in [4.78, 5) is 13.9. The molecule has 0 radical (unpaired) electrons. The minimum Gasteiger partial charge on any atom is -0.435 e. The Morgan fingerprint density at radius 1 is 1.35 bits per heavy atom. The number of carbonyl (C=O) groups excluding carboxylic acids is 1. The van der Waals surface area contributed by atoms with Crippen LogP contribution in [0.15, 0.2) is 24.3 Å². The summed E-state index contributed by atoms with van der Waals surface area (Å²) < 4.78 is 28.4. The van der Waals surface area contributed by atoms with Crippen LogP contribution in [-0.4, -0.2) is 42.3 Å². The van der Waals surface area contributed by atoms with Crippen molar-refractivity contribution >= 4 is 11.7 Å². The van der Waals surface area contributed by atoms with Gasteiger partial charge < -0.3 is 20.1 Å². The van der Waals surface area contributed by atoms with E-state index < -0.39 is 6.61 Å². The molecule has 0 atom stereocenters. The number of urea groups is 1. The fraction of sp³-hybridized carbons (Fsp3) is 0.562. The van der Waals surface area contributed by atoms with E-state index >= 15 is 0 Å². The Kier molecular flexibility index (Phi) is 5.76. The number of nitrogens with zero attached hydrogens (tertiary/aromatic N) is 1. The van der Waals surface area contributed by atoms with Crippen molar-refractivity contribution in [3.05, 3.63) is 24.3 Å². The summed E-state index contributed by atoms with van der Waals surface area (Å²) in [5.74, 6) is 0.0478. The third kappa shape index (κ3) is 4.54. The minimum atomic E-state index is -2.87. The van der Waals surface area contributed by atoms with Crippen molar-refractivity contribution in [2.75, 3.05) is 25.0 Å². The fourth-order valence-electron chi connectivity index (χ4n) is 2.73. The second kappa shape index (κ2) is 7.59. The average molecular weight is 328 g/mol. The van der Waals surface area contributed by atoms with E-state index in [4.69, 9.17) is 0 Å². The van der Waals surface area contributed by atoms with Crippen molar-refractivity contribution in [1.29, 1.82) is 0 Å². The predicted molar refractivity (Wildman–Crippen MR) is 82.7 cm³/mol. The van der Waals surface area contributed by atoms with E-state index in [0.717, 1.165) is 19.3 Å². The van der Waals surface area contributed by atoms with Gasteiger partial charge in [0, 0.05) is 25.4 Å². The van der Waals surface area contributed by atoms with Crippen LogP contribution in [0.5, 0.6) is 5.75 Å². The maximum absolute atomic E-state index is 12.2. The number of hydrogen-bond acceptors (Lipinski definition) is 3. The number of aliphatic hydroxyl groups is 1. The topological polar surface area (TPSA) is 61.8 Å². The Morgan fingerprint density at radius 2 is 1.96 bits per heavy atom. The number of piperidine rings is 1. The molecule has 1 aromatic carbocycles. The Labute approximate surface area is 134 Å². The number of ether oxygens (including phenoxy) is 1. The third-order valence-corrected chi connectivity index (χ3v) is 4.53. The Balaban J connectivity index is 1.88. The quantitative estimate of drug-likeness (QED) is 0.872. The van der Waals surface area contributed by atoms with Crippen molar-refractivity contribution in [2.24, 2.45) is 5.41 Å². The molecular formula is C16H22F2N2O3. The van der Waals surface area contributed by atoms with Gasteiger partial charge in [-0.2, -0.15) is 8.78 Å². The number of hydrogen-bond donors (Lipinski definition) is 2. The van der Waals surface area contributed by atoms with Crippen LogP contribution in [0.2, 0.25) is 0 Å². The van der Waals surface area contributed by atoms with Gasteiger partial charge in [0.25, 0.3) is 0 Å². The van der Waals surface area contributed by atoms with Crippen LogP contribution in [0.4, 0.5) is 19.3 Å². The molecule has 2 amide bonds. The molecule has 0 saturated carbocycles. The summed E-state index contributed by atoms with van der Waals surface area (Å²) in [5, 5.41) is 12.2. The standard InChI is InChI=1S/C16H22F2N2O3/c1-2-16(11-21)7-9-20(10-8-16)15(22)19-12-3-5-13(6-4-12)23-14(17)18/h3-6,14,21H,2,7-11H2,1H3,(H,19,22). The van der Waals surface area contributed by atoms with Crippen LogP contribution in [0, 0.1) is 5.41 Å². The monoisotopic (exact) mass is 328 g/mol. The molecular weight excluding hydrogens is 306 g/mol. The van der Waals surface area contributed by atoms with Gasteiger partial charge in [0.2, 0.25) is 0 Å². The number of alkyl halides is 2. The molecule has 1 fully saturated rings. The summed E-state index contributed by atoms with van der Waals surface area (Å²) in [7, 11) is 0. The molecule has 1 aliphatic rings. The highest BCUT2D eigenvalue weighted by Crippen LogP contribution is 2.34. The number of nitrogens with one attached hydrogen (secondary N) is 1. The molecule has 0 spiro atoms. The molecule has 2 rings (SSSR count). The number of benzene rings is 1. The highest BCUT2D eigenvalue weighted by molar-refractivity contribution is 5.89. The molecule has 0 unspecified atom stereocenters. The molecule has 0 aliphatic carbocycles. The highest BCUT2D eigenvalue weighted by atomic mass is 19.3. The zero-order valence-corrected chi connectivity index (χ0v) is 13.1. The van der Waals surface area contributed by atoms with Gasteiger partial charge in [0.1, 0.15) is 5.75 Å². The average Bonchev–Trinajstić information content (AvgIpc) is 2.56. The first kappa shape index (κ1) is 17.5. The Bertz CT molecular complexity index is 509. The number of amides is 2. The number of carbonyl (C=O) groups is 1. The minimum absolute atomic E-state index is 0.0478. The summed E-state index contributed by atoms with van der Waals surface area (Å²) in [6.07, 6.45) is 2.44. The van der Waals surface area contributed by atoms with Gasteiger partial charge in [-0.3, -0.25) is 0 Å². The predicted octanol–water partition coefficient (Wildman–Crippen LogP) is 3.30. The van der Waals surface area contributed by atoms with E-state index in [0.29, 0.717) is 18.8 Å². The SMILES string of the molecule is CCC1(CO)CCN(C(=O)Nc2ccc(OC(F)F)cc2)CC1. The summed E-state index contributed by atoms with van der Waals surface area (Å²) >= 11 is 0. The first-order valence-electron chi connectivity index (χ1n) is 7.70. The lowest BCUT2D eigenvalue weighted by molar-refractivity contribution is -0.0498. The van der Waals surface area contributed by atoms with E-state index in [1.807, 2.05) is 0 Å². The third-order valence-electron chi connectivity index (χ3n) is 4.53. The molecule has 1 aromatic rings. The van der Waals surface area contributed by atoms with Crippen LogP contribution < -0.4 is 10.1 Å². The number of halogens is 2. The van der Waals surface area contributed by atoms with E-state index in [1.165, 1.54) is 24.3 Å². The summed E-state index contributed by atoms with van der Waals surface area (Å²) in [5.41, 5.74) is 0.441. The van der Waals surface area contributed by atoms with Gasteiger partial charge in [0.05, 0.1) is 0 Å². The molecule has 5 nitrogen and oxygen atoms in total. The maximum atomic E-state index is 12.2. The normalized spacial score (nSPS) is 17.2. The first-order chi connectivity index (χ1) is 11.0. The maximum Gasteiger partial charge on any atom is 0.387 e. The first-order valence-corrected chi connectivity index (χ1v) is 7.70. The molecule has 1 saturated heterocycles. The molecule has 0 bridgehead atoms. The highest BCUT2D eigenvalue weighted by Gasteiger charge is 2.33. The Hall–Kier alpha value is -1.89. The van der Waals surface area contributed by atoms with Crippen LogP contribution in [0.3, 0.4) is 0 Å². The molecule has 128 valence electrons. The number of anilines is 1. The van der Waals surface area contributed by atoms with E-state index in [-0.39, 0.29) is 23.8 Å². The smallest absolute Gasteiger partial charge is 0.387 e. The van der Waals surface area contributed by atoms with Crippen LogP contribution in [0.1, 0.15) is 26.2 Å². The summed E-state index contributed by atoms with van der Waals surface area (Å²) in [6.45, 7) is 0.508. The largest absolute Gasteiger partial charge is 0.435 e. The second-order valence-corrected chi connectivity index (χ2v) is 5.83. The molecule has 1 aliphatic heterocycles. The Morgan fingerprint density at radius 3 is 2.43 bits per heavy atom. The van der Waals surface area contributed by atoms with Gasteiger partial charge >= 0.3 is 12.6 Å².